The number of pyridine rings is 1. The zero-order chi connectivity index (χ0) is 25.4. The Bertz CT molecular complexity index is 1360. The van der Waals surface area contributed by atoms with Gasteiger partial charge in [0.05, 0.1) is 24.9 Å². The lowest BCUT2D eigenvalue weighted by Gasteiger charge is -2.28. The van der Waals surface area contributed by atoms with Crippen LogP contribution in [-0.4, -0.2) is 21.8 Å². The number of hydrogen-bond acceptors (Lipinski definition) is 3. The van der Waals surface area contributed by atoms with E-state index in [4.69, 9.17) is 21.9 Å². The molecule has 2 atom stereocenters. The summed E-state index contributed by atoms with van der Waals surface area (Å²) in [6.07, 6.45) is 1.85. The molecule has 0 saturated carbocycles. The smallest absolute Gasteiger partial charge is 0.174 e. The van der Waals surface area contributed by atoms with Crippen LogP contribution in [0.25, 0.3) is 5.69 Å². The third kappa shape index (κ3) is 4.26. The highest BCUT2D eigenvalue weighted by molar-refractivity contribution is 7.80. The Hall–Kier alpha value is -3.64. The molecule has 36 heavy (non-hydrogen) atoms. The highest BCUT2D eigenvalue weighted by Crippen LogP contribution is 2.44. The van der Waals surface area contributed by atoms with E-state index >= 15 is 0 Å². The van der Waals surface area contributed by atoms with Crippen LogP contribution in [0.2, 0.25) is 0 Å². The number of aryl methyl sites for hydroxylation is 1. The molecular weight excluding hydrogens is 464 g/mol. The van der Waals surface area contributed by atoms with E-state index in [1.54, 1.807) is 7.11 Å². The summed E-state index contributed by atoms with van der Waals surface area (Å²) in [5.74, 6) is 1.32. The average Bonchev–Trinajstić information content (AvgIpc) is 3.39. The minimum atomic E-state index is -0.0757. The standard InChI is InChI=1S/C30H32N4OS/c1-19(2)22-9-11-24(12-10-22)34-29(28(32-30(34)36)27-8-6-7-17-31-27)26-18-20(3)33(21(26)4)23-13-15-25(35-5)16-14-23/h6-19,28-29H,1-5H3,(H,32,36). The number of ether oxygens (including phenoxy) is 1. The number of anilines is 1. The van der Waals surface area contributed by atoms with Gasteiger partial charge in [0.25, 0.3) is 0 Å². The van der Waals surface area contributed by atoms with Crippen molar-refractivity contribution in [3.8, 4) is 11.4 Å². The Morgan fingerprint density at radius 1 is 0.944 bits per heavy atom. The number of rotatable bonds is 6. The van der Waals surface area contributed by atoms with Gasteiger partial charge >= 0.3 is 0 Å². The van der Waals surface area contributed by atoms with E-state index in [-0.39, 0.29) is 12.1 Å². The van der Waals surface area contributed by atoms with Gasteiger partial charge in [0.2, 0.25) is 0 Å². The molecule has 1 aliphatic rings. The van der Waals surface area contributed by atoms with Crippen molar-refractivity contribution in [2.75, 3.05) is 12.0 Å². The maximum Gasteiger partial charge on any atom is 0.174 e. The Morgan fingerprint density at radius 3 is 2.25 bits per heavy atom. The lowest BCUT2D eigenvalue weighted by molar-refractivity contribution is 0.414. The van der Waals surface area contributed by atoms with E-state index in [1.165, 1.54) is 22.5 Å². The molecule has 0 bridgehead atoms. The third-order valence-corrected chi connectivity index (χ3v) is 7.37. The van der Waals surface area contributed by atoms with Gasteiger partial charge in [-0.05, 0) is 97.7 Å². The summed E-state index contributed by atoms with van der Waals surface area (Å²) in [5, 5.41) is 4.29. The molecule has 3 heterocycles. The van der Waals surface area contributed by atoms with Crippen LogP contribution in [0, 0.1) is 13.8 Å². The molecule has 5 rings (SSSR count). The average molecular weight is 497 g/mol. The van der Waals surface area contributed by atoms with Crippen molar-refractivity contribution in [1.82, 2.24) is 14.9 Å². The van der Waals surface area contributed by atoms with Gasteiger partial charge in [0, 0.05) is 29.0 Å². The third-order valence-electron chi connectivity index (χ3n) is 7.06. The van der Waals surface area contributed by atoms with Crippen molar-refractivity contribution >= 4 is 23.0 Å². The Labute approximate surface area is 218 Å². The molecule has 5 nitrogen and oxygen atoms in total. The summed E-state index contributed by atoms with van der Waals surface area (Å²) in [6.45, 7) is 8.76. The van der Waals surface area contributed by atoms with Crippen molar-refractivity contribution in [3.63, 3.8) is 0 Å². The fraction of sp³-hybridized carbons (Fsp3) is 0.267. The van der Waals surface area contributed by atoms with Crippen LogP contribution < -0.4 is 15.0 Å². The topological polar surface area (TPSA) is 42.3 Å². The number of methoxy groups -OCH3 is 1. The summed E-state index contributed by atoms with van der Waals surface area (Å²) < 4.78 is 7.66. The molecule has 1 N–H and O–H groups in total. The van der Waals surface area contributed by atoms with Crippen LogP contribution in [0.5, 0.6) is 5.75 Å². The first-order valence-electron chi connectivity index (χ1n) is 12.3. The molecule has 0 spiro atoms. The van der Waals surface area contributed by atoms with Gasteiger partial charge in [-0.2, -0.15) is 0 Å². The number of hydrogen-bond donors (Lipinski definition) is 1. The highest BCUT2D eigenvalue weighted by atomic mass is 32.1. The predicted molar refractivity (Wildman–Crippen MR) is 150 cm³/mol. The fourth-order valence-electron chi connectivity index (χ4n) is 5.18. The van der Waals surface area contributed by atoms with Gasteiger partial charge in [-0.25, -0.2) is 0 Å². The zero-order valence-electron chi connectivity index (χ0n) is 21.4. The second kappa shape index (κ2) is 9.78. The minimum absolute atomic E-state index is 0.0458. The van der Waals surface area contributed by atoms with E-state index in [0.717, 1.165) is 22.8 Å². The Kier molecular flexibility index (Phi) is 6.54. The van der Waals surface area contributed by atoms with Crippen LogP contribution in [0.4, 0.5) is 5.69 Å². The van der Waals surface area contributed by atoms with E-state index in [9.17, 15) is 0 Å². The van der Waals surface area contributed by atoms with Gasteiger partial charge < -0.3 is 19.5 Å². The lowest BCUT2D eigenvalue weighted by atomic mass is 9.96. The number of aromatic nitrogens is 2. The Balaban J connectivity index is 1.63. The van der Waals surface area contributed by atoms with Crippen LogP contribution in [0.3, 0.4) is 0 Å². The molecule has 2 aromatic carbocycles. The fourth-order valence-corrected chi connectivity index (χ4v) is 5.53. The number of nitrogens with one attached hydrogen (secondary N) is 1. The summed E-state index contributed by atoms with van der Waals surface area (Å²) in [7, 11) is 1.69. The normalized spacial score (nSPS) is 17.5. The highest BCUT2D eigenvalue weighted by Gasteiger charge is 2.42. The number of thiocarbonyl (C=S) groups is 1. The number of benzene rings is 2. The maximum atomic E-state index is 5.93. The van der Waals surface area contributed by atoms with Crippen LogP contribution >= 0.6 is 12.2 Å². The molecule has 6 heteroatoms. The van der Waals surface area contributed by atoms with E-state index < -0.39 is 0 Å². The number of nitrogens with zero attached hydrogens (tertiary/aromatic N) is 3. The maximum absolute atomic E-state index is 5.93. The first kappa shape index (κ1) is 24.1. The molecule has 0 amide bonds. The van der Waals surface area contributed by atoms with Gasteiger partial charge in [0.1, 0.15) is 5.75 Å². The van der Waals surface area contributed by atoms with Gasteiger partial charge in [0.15, 0.2) is 5.11 Å². The van der Waals surface area contributed by atoms with Gasteiger partial charge in [-0.1, -0.05) is 32.0 Å². The zero-order valence-corrected chi connectivity index (χ0v) is 22.2. The van der Waals surface area contributed by atoms with Crippen LogP contribution in [-0.2, 0) is 0 Å². The summed E-state index contributed by atoms with van der Waals surface area (Å²) in [5.41, 5.74) is 8.04. The van der Waals surface area contributed by atoms with Crippen molar-refractivity contribution < 1.29 is 4.74 Å². The molecule has 1 aliphatic heterocycles. The van der Waals surface area contributed by atoms with E-state index in [1.807, 2.05) is 30.5 Å². The van der Waals surface area contributed by atoms with Crippen molar-refractivity contribution in [1.29, 1.82) is 0 Å². The Morgan fingerprint density at radius 2 is 1.64 bits per heavy atom. The van der Waals surface area contributed by atoms with Gasteiger partial charge in [-0.15, -0.1) is 0 Å². The monoisotopic (exact) mass is 496 g/mol. The molecule has 1 saturated heterocycles. The van der Waals surface area contributed by atoms with Crippen LogP contribution in [0.1, 0.15) is 60.1 Å². The largest absolute Gasteiger partial charge is 0.497 e. The van der Waals surface area contributed by atoms with E-state index in [2.05, 4.69) is 91.0 Å². The summed E-state index contributed by atoms with van der Waals surface area (Å²) >= 11 is 5.93. The molecule has 184 valence electrons. The minimum Gasteiger partial charge on any atom is -0.497 e. The predicted octanol–water partition coefficient (Wildman–Crippen LogP) is 6.80. The van der Waals surface area contributed by atoms with Crippen molar-refractivity contribution in [2.45, 2.75) is 45.7 Å². The molecular formula is C30H32N4OS. The molecule has 0 aliphatic carbocycles. The lowest BCUT2D eigenvalue weighted by Crippen LogP contribution is -2.29. The van der Waals surface area contributed by atoms with Crippen molar-refractivity contribution in [3.05, 3.63) is 107 Å². The second-order valence-corrected chi connectivity index (χ2v) is 9.99. The summed E-state index contributed by atoms with van der Waals surface area (Å²) in [6, 6.07) is 25.2. The first-order valence-corrected chi connectivity index (χ1v) is 12.7. The van der Waals surface area contributed by atoms with Crippen molar-refractivity contribution in [2.24, 2.45) is 0 Å². The molecule has 0 radical (unpaired) electrons. The van der Waals surface area contributed by atoms with Crippen LogP contribution in [0.15, 0.2) is 79.0 Å². The molecule has 2 unspecified atom stereocenters. The SMILES string of the molecule is COc1ccc(-n2c(C)cc(C3C(c4ccccn4)NC(=S)N3c3ccc(C(C)C)cc3)c2C)cc1. The molecule has 4 aromatic rings. The quantitative estimate of drug-likeness (QED) is 0.297. The first-order chi connectivity index (χ1) is 17.4. The van der Waals surface area contributed by atoms with E-state index in [0.29, 0.717) is 11.0 Å². The van der Waals surface area contributed by atoms with Gasteiger partial charge in [-0.3, -0.25) is 4.98 Å². The molecule has 1 fully saturated rings. The second-order valence-electron chi connectivity index (χ2n) is 9.60. The molecule has 2 aromatic heterocycles. The summed E-state index contributed by atoms with van der Waals surface area (Å²) in [4.78, 5) is 6.95.